The molecule has 1 unspecified atom stereocenters. The lowest BCUT2D eigenvalue weighted by molar-refractivity contribution is 0.0778. The summed E-state index contributed by atoms with van der Waals surface area (Å²) in [7, 11) is 0. The minimum atomic E-state index is -0.469. The average Bonchev–Trinajstić information content (AvgIpc) is 2.48. The fourth-order valence-electron chi connectivity index (χ4n) is 2.68. The molecule has 1 saturated carbocycles. The van der Waals surface area contributed by atoms with Gasteiger partial charge in [-0.25, -0.2) is 4.79 Å². The quantitative estimate of drug-likeness (QED) is 0.731. The summed E-state index contributed by atoms with van der Waals surface area (Å²) >= 11 is 0. The molecule has 2 aliphatic rings. The van der Waals surface area contributed by atoms with Crippen LogP contribution in [-0.2, 0) is 4.74 Å². The van der Waals surface area contributed by atoms with Crippen LogP contribution in [0.25, 0.3) is 0 Å². The Labute approximate surface area is 97.1 Å². The van der Waals surface area contributed by atoms with Crippen LogP contribution in [-0.4, -0.2) is 35.7 Å². The van der Waals surface area contributed by atoms with Gasteiger partial charge in [-0.2, -0.15) is 0 Å². The molecule has 2 rings (SSSR count). The van der Waals surface area contributed by atoms with Gasteiger partial charge in [-0.1, -0.05) is 25.7 Å². The second-order valence-electron chi connectivity index (χ2n) is 5.30. The third-order valence-corrected chi connectivity index (χ3v) is 3.77. The van der Waals surface area contributed by atoms with Gasteiger partial charge in [0.05, 0.1) is 6.54 Å². The molecule has 2 N–H and O–H groups in total. The molecule has 92 valence electrons. The number of carbonyl (C=O) groups is 1. The molecule has 1 aliphatic heterocycles. The van der Waals surface area contributed by atoms with E-state index >= 15 is 0 Å². The highest BCUT2D eigenvalue weighted by Crippen LogP contribution is 2.29. The van der Waals surface area contributed by atoms with E-state index in [1.54, 1.807) is 0 Å². The number of amides is 1. The Balaban J connectivity index is 2.01. The van der Waals surface area contributed by atoms with Crippen LogP contribution in [0.4, 0.5) is 4.79 Å². The molecule has 0 bridgehead atoms. The first kappa shape index (κ1) is 11.7. The Kier molecular flexibility index (Phi) is 3.38. The molecule has 2 fully saturated rings. The fraction of sp³-hybridized carbons (Fsp3) is 0.917. The van der Waals surface area contributed by atoms with Crippen LogP contribution in [0, 0.1) is 0 Å². The Hall–Kier alpha value is -0.770. The summed E-state index contributed by atoms with van der Waals surface area (Å²) in [6.45, 7) is 2.98. The summed E-state index contributed by atoms with van der Waals surface area (Å²) in [5, 5.41) is 0. The maximum atomic E-state index is 11.8. The number of nitrogens with two attached hydrogens (primary N) is 1. The van der Waals surface area contributed by atoms with E-state index in [2.05, 4.69) is 0 Å². The lowest BCUT2D eigenvalue weighted by atomic mass is 10.0. The molecule has 1 saturated heterocycles. The molecule has 16 heavy (non-hydrogen) atoms. The minimum Gasteiger partial charge on any atom is -0.440 e. The molecule has 0 aromatic carbocycles. The van der Waals surface area contributed by atoms with Crippen molar-refractivity contribution in [3.63, 3.8) is 0 Å². The van der Waals surface area contributed by atoms with Crippen molar-refractivity contribution in [3.8, 4) is 0 Å². The largest absolute Gasteiger partial charge is 0.440 e. The Morgan fingerprint density at radius 3 is 2.50 bits per heavy atom. The normalized spacial score (nSPS) is 32.6. The van der Waals surface area contributed by atoms with Gasteiger partial charge < -0.3 is 15.4 Å². The molecule has 0 radical (unpaired) electrons. The molecule has 4 nitrogen and oxygen atoms in total. The van der Waals surface area contributed by atoms with E-state index in [0.717, 1.165) is 12.8 Å². The predicted molar refractivity (Wildman–Crippen MR) is 62.1 cm³/mol. The van der Waals surface area contributed by atoms with E-state index in [4.69, 9.17) is 10.5 Å². The second kappa shape index (κ2) is 4.62. The summed E-state index contributed by atoms with van der Waals surface area (Å²) in [6.07, 6.45) is 7.13. The Morgan fingerprint density at radius 2 is 2.00 bits per heavy atom. The fourth-order valence-corrected chi connectivity index (χ4v) is 2.68. The Bertz CT molecular complexity index is 262. The van der Waals surface area contributed by atoms with Crippen LogP contribution >= 0.6 is 0 Å². The summed E-state index contributed by atoms with van der Waals surface area (Å²) < 4.78 is 5.37. The minimum absolute atomic E-state index is 0.167. The van der Waals surface area contributed by atoms with E-state index in [1.807, 2.05) is 11.8 Å². The topological polar surface area (TPSA) is 55.6 Å². The molecule has 0 aromatic heterocycles. The second-order valence-corrected chi connectivity index (χ2v) is 5.30. The molecular formula is C12H22N2O2. The number of carbonyl (C=O) groups excluding carboxylic acids is 1. The van der Waals surface area contributed by atoms with Gasteiger partial charge in [0.1, 0.15) is 5.60 Å². The van der Waals surface area contributed by atoms with Crippen molar-refractivity contribution in [3.05, 3.63) is 0 Å². The van der Waals surface area contributed by atoms with E-state index in [0.29, 0.717) is 19.1 Å². The summed E-state index contributed by atoms with van der Waals surface area (Å²) in [4.78, 5) is 13.7. The average molecular weight is 226 g/mol. The van der Waals surface area contributed by atoms with Crippen molar-refractivity contribution < 1.29 is 9.53 Å². The zero-order valence-electron chi connectivity index (χ0n) is 10.1. The van der Waals surface area contributed by atoms with Crippen molar-refractivity contribution in [2.24, 2.45) is 5.73 Å². The van der Waals surface area contributed by atoms with Crippen LogP contribution in [0.5, 0.6) is 0 Å². The van der Waals surface area contributed by atoms with Gasteiger partial charge in [0, 0.05) is 12.6 Å². The van der Waals surface area contributed by atoms with Crippen molar-refractivity contribution in [1.29, 1.82) is 0 Å². The van der Waals surface area contributed by atoms with Gasteiger partial charge in [0.15, 0.2) is 0 Å². The Morgan fingerprint density at radius 1 is 1.38 bits per heavy atom. The number of rotatable bonds is 2. The first-order valence-electron chi connectivity index (χ1n) is 6.34. The zero-order valence-corrected chi connectivity index (χ0v) is 10.1. The van der Waals surface area contributed by atoms with E-state index < -0.39 is 5.60 Å². The summed E-state index contributed by atoms with van der Waals surface area (Å²) in [6, 6.07) is 0.378. The van der Waals surface area contributed by atoms with E-state index in [9.17, 15) is 4.79 Å². The van der Waals surface area contributed by atoms with Crippen LogP contribution < -0.4 is 5.73 Å². The predicted octanol–water partition coefficient (Wildman–Crippen LogP) is 1.88. The third-order valence-electron chi connectivity index (χ3n) is 3.77. The standard InChI is InChI=1S/C12H22N2O2/c1-12(8-13)9-14(11(15)16-12)10-6-4-2-3-5-7-10/h10H,2-9,13H2,1H3. The van der Waals surface area contributed by atoms with E-state index in [1.165, 1.54) is 25.7 Å². The van der Waals surface area contributed by atoms with Crippen LogP contribution in [0.2, 0.25) is 0 Å². The van der Waals surface area contributed by atoms with Gasteiger partial charge >= 0.3 is 6.09 Å². The van der Waals surface area contributed by atoms with Gasteiger partial charge in [0.25, 0.3) is 0 Å². The first-order valence-corrected chi connectivity index (χ1v) is 6.34. The van der Waals surface area contributed by atoms with Crippen LogP contribution in [0.1, 0.15) is 45.4 Å². The van der Waals surface area contributed by atoms with Crippen LogP contribution in [0.3, 0.4) is 0 Å². The van der Waals surface area contributed by atoms with Gasteiger partial charge in [-0.15, -0.1) is 0 Å². The highest BCUT2D eigenvalue weighted by Gasteiger charge is 2.43. The van der Waals surface area contributed by atoms with Crippen molar-refractivity contribution >= 4 is 6.09 Å². The van der Waals surface area contributed by atoms with Gasteiger partial charge in [-0.05, 0) is 19.8 Å². The monoisotopic (exact) mass is 226 g/mol. The van der Waals surface area contributed by atoms with Crippen LogP contribution in [0.15, 0.2) is 0 Å². The smallest absolute Gasteiger partial charge is 0.410 e. The highest BCUT2D eigenvalue weighted by atomic mass is 16.6. The molecular weight excluding hydrogens is 204 g/mol. The number of hydrogen-bond acceptors (Lipinski definition) is 3. The SMILES string of the molecule is CC1(CN)CN(C2CCCCCC2)C(=O)O1. The molecule has 0 spiro atoms. The molecule has 1 heterocycles. The molecule has 0 aromatic rings. The maximum Gasteiger partial charge on any atom is 0.410 e. The number of ether oxygens (including phenoxy) is 1. The first-order chi connectivity index (χ1) is 7.64. The lowest BCUT2D eigenvalue weighted by Gasteiger charge is -2.25. The van der Waals surface area contributed by atoms with Gasteiger partial charge in [-0.3, -0.25) is 0 Å². The number of cyclic esters (lactones) is 1. The van der Waals surface area contributed by atoms with Gasteiger partial charge in [0.2, 0.25) is 0 Å². The molecule has 1 atom stereocenters. The summed E-state index contributed by atoms with van der Waals surface area (Å²) in [5.41, 5.74) is 5.18. The van der Waals surface area contributed by atoms with Crippen molar-refractivity contribution in [2.45, 2.75) is 57.1 Å². The highest BCUT2D eigenvalue weighted by molar-refractivity contribution is 5.71. The van der Waals surface area contributed by atoms with Crippen molar-refractivity contribution in [1.82, 2.24) is 4.90 Å². The molecule has 1 aliphatic carbocycles. The number of nitrogens with zero attached hydrogens (tertiary/aromatic N) is 1. The maximum absolute atomic E-state index is 11.8. The van der Waals surface area contributed by atoms with E-state index in [-0.39, 0.29) is 6.09 Å². The van der Waals surface area contributed by atoms with Crippen molar-refractivity contribution in [2.75, 3.05) is 13.1 Å². The lowest BCUT2D eigenvalue weighted by Crippen LogP contribution is -2.41. The number of hydrogen-bond donors (Lipinski definition) is 1. The molecule has 1 amide bonds. The summed E-state index contributed by atoms with van der Waals surface area (Å²) in [5.74, 6) is 0. The zero-order chi connectivity index (χ0) is 11.6. The molecule has 4 heteroatoms. The third kappa shape index (κ3) is 2.32.